The van der Waals surface area contributed by atoms with Crippen molar-refractivity contribution in [3.8, 4) is 5.75 Å². The largest absolute Gasteiger partial charge is 0.491 e. The van der Waals surface area contributed by atoms with E-state index in [0.29, 0.717) is 43.4 Å². The van der Waals surface area contributed by atoms with E-state index in [4.69, 9.17) is 16.3 Å². The van der Waals surface area contributed by atoms with Gasteiger partial charge < -0.3 is 14.5 Å². The summed E-state index contributed by atoms with van der Waals surface area (Å²) in [6.07, 6.45) is 3.59. The van der Waals surface area contributed by atoms with Gasteiger partial charge in [0, 0.05) is 45.7 Å². The molecule has 0 atom stereocenters. The molecule has 2 aliphatic rings. The molecule has 2 amide bonds. The lowest BCUT2D eigenvalue weighted by molar-refractivity contribution is -0.141. The normalized spacial score (nSPS) is 19.1. The highest BCUT2D eigenvalue weighted by molar-refractivity contribution is 6.32. The second kappa shape index (κ2) is 9.95. The molecule has 27 heavy (non-hydrogen) atoms. The van der Waals surface area contributed by atoms with E-state index in [9.17, 15) is 9.59 Å². The van der Waals surface area contributed by atoms with Gasteiger partial charge in [-0.25, -0.2) is 0 Å². The second-order valence-corrected chi connectivity index (χ2v) is 7.53. The summed E-state index contributed by atoms with van der Waals surface area (Å²) in [5.74, 6) is 0.892. The van der Waals surface area contributed by atoms with Crippen LogP contribution in [0.5, 0.6) is 5.75 Å². The lowest BCUT2D eigenvalue weighted by Crippen LogP contribution is -2.52. The number of ether oxygens (including phenoxy) is 1. The average Bonchev–Trinajstić information content (AvgIpc) is 2.88. The summed E-state index contributed by atoms with van der Waals surface area (Å²) >= 11 is 6.09. The number of nitrogens with zero attached hydrogens (tertiary/aromatic N) is 3. The van der Waals surface area contributed by atoms with E-state index in [1.165, 1.54) is 0 Å². The second-order valence-electron chi connectivity index (χ2n) is 7.13. The number of hydrogen-bond acceptors (Lipinski definition) is 4. The molecule has 0 bridgehead atoms. The molecular weight excluding hydrogens is 366 g/mol. The number of carbonyl (C=O) groups excluding carboxylic acids is 2. The third-order valence-electron chi connectivity index (χ3n) is 5.22. The molecule has 3 rings (SSSR count). The Kier molecular flexibility index (Phi) is 7.35. The number of para-hydroxylation sites is 1. The summed E-state index contributed by atoms with van der Waals surface area (Å²) in [7, 11) is 0. The van der Waals surface area contributed by atoms with Gasteiger partial charge in [-0.2, -0.15) is 0 Å². The van der Waals surface area contributed by atoms with E-state index >= 15 is 0 Å². The number of rotatable bonds is 6. The monoisotopic (exact) mass is 393 g/mol. The molecule has 2 aliphatic heterocycles. The Morgan fingerprint density at radius 1 is 1.04 bits per heavy atom. The Labute approximate surface area is 166 Å². The lowest BCUT2D eigenvalue weighted by atomic mass is 10.2. The van der Waals surface area contributed by atoms with Crippen LogP contribution in [0.15, 0.2) is 24.3 Å². The van der Waals surface area contributed by atoms with E-state index in [2.05, 4.69) is 4.90 Å². The van der Waals surface area contributed by atoms with E-state index in [1.807, 2.05) is 29.2 Å². The molecular formula is C20H28ClN3O3. The van der Waals surface area contributed by atoms with Crippen LogP contribution in [-0.4, -0.2) is 78.9 Å². The van der Waals surface area contributed by atoms with Crippen molar-refractivity contribution in [3.63, 3.8) is 0 Å². The fraction of sp³-hybridized carbons (Fsp3) is 0.600. The van der Waals surface area contributed by atoms with E-state index in [1.54, 1.807) is 4.90 Å². The Hall–Kier alpha value is -1.79. The average molecular weight is 394 g/mol. The number of benzene rings is 1. The molecule has 0 unspecified atom stereocenters. The zero-order valence-corrected chi connectivity index (χ0v) is 16.5. The number of piperazine rings is 1. The molecule has 148 valence electrons. The minimum absolute atomic E-state index is 0.0669. The first-order chi connectivity index (χ1) is 13.1. The lowest BCUT2D eigenvalue weighted by Gasteiger charge is -2.35. The van der Waals surface area contributed by atoms with Gasteiger partial charge in [0.2, 0.25) is 11.8 Å². The maximum Gasteiger partial charge on any atom is 0.242 e. The van der Waals surface area contributed by atoms with Crippen molar-refractivity contribution in [2.24, 2.45) is 0 Å². The Balaban J connectivity index is 1.37. The molecule has 0 radical (unpaired) electrons. The van der Waals surface area contributed by atoms with Crippen LogP contribution in [0.3, 0.4) is 0 Å². The molecule has 0 spiro atoms. The molecule has 1 aromatic carbocycles. The molecule has 1 aromatic rings. The van der Waals surface area contributed by atoms with Crippen LogP contribution in [0.1, 0.15) is 25.7 Å². The third kappa shape index (κ3) is 5.84. The fourth-order valence-corrected chi connectivity index (χ4v) is 3.73. The minimum atomic E-state index is 0.0669. The van der Waals surface area contributed by atoms with Crippen molar-refractivity contribution < 1.29 is 14.3 Å². The highest BCUT2D eigenvalue weighted by atomic mass is 35.5. The maximum atomic E-state index is 12.5. The highest BCUT2D eigenvalue weighted by Crippen LogP contribution is 2.23. The first-order valence-electron chi connectivity index (χ1n) is 9.79. The van der Waals surface area contributed by atoms with Crippen LogP contribution >= 0.6 is 11.6 Å². The molecule has 6 nitrogen and oxygen atoms in total. The topological polar surface area (TPSA) is 53.1 Å². The summed E-state index contributed by atoms with van der Waals surface area (Å²) in [4.78, 5) is 30.5. The van der Waals surface area contributed by atoms with Crippen molar-refractivity contribution in [1.82, 2.24) is 14.7 Å². The van der Waals surface area contributed by atoms with Crippen molar-refractivity contribution in [2.75, 3.05) is 52.4 Å². The fourth-order valence-electron chi connectivity index (χ4n) is 3.54. The minimum Gasteiger partial charge on any atom is -0.491 e. The van der Waals surface area contributed by atoms with Gasteiger partial charge in [0.1, 0.15) is 12.4 Å². The van der Waals surface area contributed by atoms with Crippen molar-refractivity contribution >= 4 is 23.4 Å². The van der Waals surface area contributed by atoms with Crippen LogP contribution < -0.4 is 4.74 Å². The standard InChI is InChI=1S/C20H28ClN3O3/c21-17-6-3-4-7-18(17)27-15-14-22-10-12-23(13-11-22)20(26)16-24-9-5-1-2-8-19(24)25/h3-4,6-7H,1-2,5,8-16H2. The van der Waals surface area contributed by atoms with Crippen molar-refractivity contribution in [1.29, 1.82) is 0 Å². The molecule has 2 saturated heterocycles. The van der Waals surface area contributed by atoms with E-state index in [-0.39, 0.29) is 18.4 Å². The van der Waals surface area contributed by atoms with Gasteiger partial charge in [0.15, 0.2) is 0 Å². The van der Waals surface area contributed by atoms with Crippen LogP contribution in [0, 0.1) is 0 Å². The molecule has 2 fully saturated rings. The number of carbonyl (C=O) groups is 2. The van der Waals surface area contributed by atoms with E-state index in [0.717, 1.165) is 38.9 Å². The summed E-state index contributed by atoms with van der Waals surface area (Å²) in [6.45, 7) is 5.37. The Morgan fingerprint density at radius 3 is 2.59 bits per heavy atom. The van der Waals surface area contributed by atoms with Gasteiger partial charge in [0.25, 0.3) is 0 Å². The summed E-state index contributed by atoms with van der Waals surface area (Å²) in [5.41, 5.74) is 0. The van der Waals surface area contributed by atoms with Crippen molar-refractivity contribution in [2.45, 2.75) is 25.7 Å². The van der Waals surface area contributed by atoms with Gasteiger partial charge in [-0.3, -0.25) is 14.5 Å². The molecule has 0 saturated carbocycles. The summed E-state index contributed by atoms with van der Waals surface area (Å²) in [5, 5.41) is 0.621. The molecule has 0 aromatic heterocycles. The predicted molar refractivity (Wildman–Crippen MR) is 105 cm³/mol. The van der Waals surface area contributed by atoms with Gasteiger partial charge >= 0.3 is 0 Å². The first-order valence-corrected chi connectivity index (χ1v) is 10.2. The number of likely N-dealkylation sites (tertiary alicyclic amines) is 1. The van der Waals surface area contributed by atoms with Gasteiger partial charge in [-0.1, -0.05) is 30.2 Å². The number of halogens is 1. The molecule has 7 heteroatoms. The first kappa shape index (κ1) is 20.0. The van der Waals surface area contributed by atoms with Crippen LogP contribution in [0.25, 0.3) is 0 Å². The van der Waals surface area contributed by atoms with Crippen LogP contribution in [-0.2, 0) is 9.59 Å². The SMILES string of the molecule is O=C(CN1CCCCCC1=O)N1CCN(CCOc2ccccc2Cl)CC1. The van der Waals surface area contributed by atoms with Crippen molar-refractivity contribution in [3.05, 3.63) is 29.3 Å². The smallest absolute Gasteiger partial charge is 0.242 e. The zero-order valence-electron chi connectivity index (χ0n) is 15.7. The molecule has 2 heterocycles. The number of amides is 2. The molecule has 0 N–H and O–H groups in total. The van der Waals surface area contributed by atoms with Gasteiger partial charge in [-0.05, 0) is 25.0 Å². The van der Waals surface area contributed by atoms with E-state index < -0.39 is 0 Å². The highest BCUT2D eigenvalue weighted by Gasteiger charge is 2.25. The van der Waals surface area contributed by atoms with Crippen LogP contribution in [0.2, 0.25) is 5.02 Å². The quantitative estimate of drug-likeness (QED) is 0.744. The van der Waals surface area contributed by atoms with Gasteiger partial charge in [-0.15, -0.1) is 0 Å². The van der Waals surface area contributed by atoms with Crippen LogP contribution in [0.4, 0.5) is 0 Å². The predicted octanol–water partition coefficient (Wildman–Crippen LogP) is 2.27. The zero-order chi connectivity index (χ0) is 19.1. The molecule has 0 aliphatic carbocycles. The number of hydrogen-bond donors (Lipinski definition) is 0. The third-order valence-corrected chi connectivity index (χ3v) is 5.54. The summed E-state index contributed by atoms with van der Waals surface area (Å²) in [6, 6.07) is 7.46. The maximum absolute atomic E-state index is 12.5. The Morgan fingerprint density at radius 2 is 1.81 bits per heavy atom. The Bertz CT molecular complexity index is 647. The van der Waals surface area contributed by atoms with Gasteiger partial charge in [0.05, 0.1) is 11.6 Å². The summed E-state index contributed by atoms with van der Waals surface area (Å²) < 4.78 is 5.74.